The maximum Gasteiger partial charge on any atom is 0.437 e. The van der Waals surface area contributed by atoms with Crippen molar-refractivity contribution < 1.29 is 22.7 Å². The fraction of sp³-hybridized carbons (Fsp3) is 0.0588. The number of hydrogen-bond donors (Lipinski definition) is 1. The maximum absolute atomic E-state index is 13.4. The van der Waals surface area contributed by atoms with E-state index in [9.17, 15) is 18.0 Å². The van der Waals surface area contributed by atoms with E-state index in [4.69, 9.17) is 4.74 Å². The smallest absolute Gasteiger partial charge is 0.406 e. The second kappa shape index (κ2) is 6.68. The summed E-state index contributed by atoms with van der Waals surface area (Å²) in [6.07, 6.45) is -4.93. The number of amides is 1. The molecule has 5 nitrogen and oxygen atoms in total. The molecule has 0 atom stereocenters. The lowest BCUT2D eigenvalue weighted by Crippen LogP contribution is -2.20. The van der Waals surface area contributed by atoms with Crippen LogP contribution in [0.2, 0.25) is 0 Å². The van der Waals surface area contributed by atoms with Crippen molar-refractivity contribution in [3.8, 4) is 11.4 Å². The Balaban J connectivity index is 1.89. The quantitative estimate of drug-likeness (QED) is 0.759. The van der Waals surface area contributed by atoms with E-state index in [2.05, 4.69) is 10.4 Å². The lowest BCUT2D eigenvalue weighted by Gasteiger charge is -2.12. The van der Waals surface area contributed by atoms with Gasteiger partial charge < -0.3 is 4.74 Å². The Hall–Kier alpha value is -3.29. The predicted molar refractivity (Wildman–Crippen MR) is 84.7 cm³/mol. The third-order valence-electron chi connectivity index (χ3n) is 3.23. The molecule has 3 aromatic rings. The summed E-state index contributed by atoms with van der Waals surface area (Å²) in [6, 6.07) is 16.0. The van der Waals surface area contributed by atoms with E-state index in [1.807, 2.05) is 0 Å². The minimum atomic E-state index is -4.76. The molecule has 1 amide bonds. The number of para-hydroxylation sites is 2. The first-order valence-electron chi connectivity index (χ1n) is 7.19. The van der Waals surface area contributed by atoms with Gasteiger partial charge in [-0.05, 0) is 24.3 Å². The molecule has 0 fully saturated rings. The van der Waals surface area contributed by atoms with Gasteiger partial charge in [0.1, 0.15) is 0 Å². The molecule has 0 aliphatic carbocycles. The molecule has 8 heteroatoms. The third kappa shape index (κ3) is 3.79. The van der Waals surface area contributed by atoms with Gasteiger partial charge in [0.15, 0.2) is 11.4 Å². The predicted octanol–water partition coefficient (Wildman–Crippen LogP) is 4.50. The van der Waals surface area contributed by atoms with Crippen molar-refractivity contribution in [2.75, 3.05) is 5.32 Å². The highest BCUT2D eigenvalue weighted by molar-refractivity contribution is 5.86. The minimum Gasteiger partial charge on any atom is -0.406 e. The summed E-state index contributed by atoms with van der Waals surface area (Å²) in [6.45, 7) is 0. The van der Waals surface area contributed by atoms with E-state index in [-0.39, 0.29) is 5.69 Å². The molecule has 3 rings (SSSR count). The Morgan fingerprint density at radius 2 is 1.60 bits per heavy atom. The number of halogens is 3. The van der Waals surface area contributed by atoms with Crippen molar-refractivity contribution >= 4 is 11.8 Å². The van der Waals surface area contributed by atoms with E-state index in [1.54, 1.807) is 48.5 Å². The van der Waals surface area contributed by atoms with Crippen molar-refractivity contribution in [3.63, 3.8) is 0 Å². The average molecular weight is 347 g/mol. The number of anilines is 1. The van der Waals surface area contributed by atoms with Crippen LogP contribution in [0.1, 0.15) is 5.69 Å². The number of carbonyl (C=O) groups is 1. The van der Waals surface area contributed by atoms with Gasteiger partial charge in [-0.1, -0.05) is 36.4 Å². The van der Waals surface area contributed by atoms with Gasteiger partial charge in [-0.3, -0.25) is 5.32 Å². The molecule has 0 saturated heterocycles. The number of benzene rings is 2. The van der Waals surface area contributed by atoms with Crippen molar-refractivity contribution in [1.82, 2.24) is 9.78 Å². The van der Waals surface area contributed by atoms with Gasteiger partial charge in [-0.2, -0.15) is 18.3 Å². The Morgan fingerprint density at radius 1 is 1.00 bits per heavy atom. The van der Waals surface area contributed by atoms with E-state index in [1.165, 1.54) is 12.1 Å². The van der Waals surface area contributed by atoms with Crippen molar-refractivity contribution in [3.05, 3.63) is 72.6 Å². The zero-order valence-corrected chi connectivity index (χ0v) is 12.7. The summed E-state index contributed by atoms with van der Waals surface area (Å²) in [5, 5.41) is 6.06. The molecule has 2 aromatic carbocycles. The zero-order chi connectivity index (χ0) is 17.9. The first kappa shape index (κ1) is 16.6. The first-order chi connectivity index (χ1) is 11.9. The molecule has 1 N–H and O–H groups in total. The van der Waals surface area contributed by atoms with Crippen LogP contribution in [-0.2, 0) is 6.18 Å². The Labute approximate surface area is 140 Å². The lowest BCUT2D eigenvalue weighted by atomic mass is 10.3. The SMILES string of the molecule is O=C(Nc1ccccc1)Oc1cnn(-c2ccccc2)c1C(F)(F)F. The summed E-state index contributed by atoms with van der Waals surface area (Å²) in [5.41, 5.74) is -0.563. The van der Waals surface area contributed by atoms with Crippen LogP contribution in [-0.4, -0.2) is 15.9 Å². The average Bonchev–Trinajstić information content (AvgIpc) is 3.00. The second-order valence-electron chi connectivity index (χ2n) is 4.98. The van der Waals surface area contributed by atoms with Gasteiger partial charge in [0.05, 0.1) is 11.9 Å². The van der Waals surface area contributed by atoms with Gasteiger partial charge >= 0.3 is 12.3 Å². The Bertz CT molecular complexity index is 862. The summed E-state index contributed by atoms with van der Waals surface area (Å²) in [4.78, 5) is 11.9. The van der Waals surface area contributed by atoms with Crippen LogP contribution in [0, 0.1) is 0 Å². The van der Waals surface area contributed by atoms with Gasteiger partial charge in [-0.25, -0.2) is 9.48 Å². The largest absolute Gasteiger partial charge is 0.437 e. The van der Waals surface area contributed by atoms with Crippen molar-refractivity contribution in [1.29, 1.82) is 0 Å². The number of alkyl halides is 3. The molecule has 0 aliphatic rings. The van der Waals surface area contributed by atoms with Crippen LogP contribution in [0.5, 0.6) is 5.75 Å². The van der Waals surface area contributed by atoms with Gasteiger partial charge in [0.2, 0.25) is 0 Å². The van der Waals surface area contributed by atoms with Gasteiger partial charge in [0.25, 0.3) is 0 Å². The molecule has 0 bridgehead atoms. The normalized spacial score (nSPS) is 11.2. The summed E-state index contributed by atoms with van der Waals surface area (Å²) >= 11 is 0. The van der Waals surface area contributed by atoms with Crippen LogP contribution in [0.15, 0.2) is 66.9 Å². The van der Waals surface area contributed by atoms with Crippen LogP contribution in [0.3, 0.4) is 0 Å². The van der Waals surface area contributed by atoms with E-state index >= 15 is 0 Å². The maximum atomic E-state index is 13.4. The molecule has 0 saturated carbocycles. The highest BCUT2D eigenvalue weighted by Crippen LogP contribution is 2.37. The molecule has 1 aromatic heterocycles. The van der Waals surface area contributed by atoms with Crippen LogP contribution < -0.4 is 10.1 Å². The number of nitrogens with one attached hydrogen (secondary N) is 1. The first-order valence-corrected chi connectivity index (χ1v) is 7.19. The Morgan fingerprint density at radius 3 is 2.20 bits per heavy atom. The zero-order valence-electron chi connectivity index (χ0n) is 12.7. The molecule has 0 aliphatic heterocycles. The number of hydrogen-bond acceptors (Lipinski definition) is 3. The van der Waals surface area contributed by atoms with Crippen LogP contribution in [0.4, 0.5) is 23.7 Å². The molecular weight excluding hydrogens is 335 g/mol. The fourth-order valence-electron chi connectivity index (χ4n) is 2.20. The molecule has 0 radical (unpaired) electrons. The number of ether oxygens (including phenoxy) is 1. The van der Waals surface area contributed by atoms with E-state index < -0.39 is 23.7 Å². The highest BCUT2D eigenvalue weighted by atomic mass is 19.4. The third-order valence-corrected chi connectivity index (χ3v) is 3.23. The second-order valence-corrected chi connectivity index (χ2v) is 4.98. The van der Waals surface area contributed by atoms with Crippen molar-refractivity contribution in [2.45, 2.75) is 6.18 Å². The number of carbonyl (C=O) groups excluding carboxylic acids is 1. The summed E-state index contributed by atoms with van der Waals surface area (Å²) in [5.74, 6) is -0.676. The lowest BCUT2D eigenvalue weighted by molar-refractivity contribution is -0.143. The molecule has 0 unspecified atom stereocenters. The minimum absolute atomic E-state index is 0.202. The van der Waals surface area contributed by atoms with Gasteiger partial charge in [-0.15, -0.1) is 0 Å². The number of nitrogens with zero attached hydrogens (tertiary/aromatic N) is 2. The van der Waals surface area contributed by atoms with E-state index in [0.29, 0.717) is 10.4 Å². The fourth-order valence-corrected chi connectivity index (χ4v) is 2.20. The molecule has 128 valence electrons. The Kier molecular flexibility index (Phi) is 4.42. The molecule has 0 spiro atoms. The standard InChI is InChI=1S/C17H12F3N3O2/c18-17(19,20)15-14(11-21-23(15)13-9-5-2-6-10-13)25-16(24)22-12-7-3-1-4-8-12/h1-11H,(H,22,24). The molecule has 25 heavy (non-hydrogen) atoms. The summed E-state index contributed by atoms with van der Waals surface area (Å²) in [7, 11) is 0. The van der Waals surface area contributed by atoms with Gasteiger partial charge in [0, 0.05) is 5.69 Å². The van der Waals surface area contributed by atoms with Crippen molar-refractivity contribution in [2.24, 2.45) is 0 Å². The molecular formula is C17H12F3N3O2. The monoisotopic (exact) mass is 347 g/mol. The van der Waals surface area contributed by atoms with Crippen LogP contribution in [0.25, 0.3) is 5.69 Å². The summed E-state index contributed by atoms with van der Waals surface area (Å²) < 4.78 is 45.8. The molecule has 1 heterocycles. The van der Waals surface area contributed by atoms with E-state index in [0.717, 1.165) is 6.20 Å². The number of rotatable bonds is 3. The number of aromatic nitrogens is 2. The highest BCUT2D eigenvalue weighted by Gasteiger charge is 2.40. The van der Waals surface area contributed by atoms with Crippen LogP contribution >= 0.6 is 0 Å². The topological polar surface area (TPSA) is 56.1 Å².